The van der Waals surface area contributed by atoms with E-state index in [9.17, 15) is 14.4 Å². The van der Waals surface area contributed by atoms with Crippen LogP contribution in [-0.2, 0) is 14.3 Å². The normalized spacial score (nSPS) is 13.0. The zero-order valence-corrected chi connectivity index (χ0v) is 25.5. The van der Waals surface area contributed by atoms with Crippen molar-refractivity contribution in [3.8, 4) is 0 Å². The molecule has 0 radical (unpaired) electrons. The first-order valence-electron chi connectivity index (χ1n) is 13.6. The lowest BCUT2D eigenvalue weighted by molar-refractivity contribution is -0.141. The van der Waals surface area contributed by atoms with Gasteiger partial charge < -0.3 is 20.3 Å². The van der Waals surface area contributed by atoms with Gasteiger partial charge >= 0.3 is 6.09 Å². The van der Waals surface area contributed by atoms with Crippen LogP contribution in [0.3, 0.4) is 0 Å². The van der Waals surface area contributed by atoms with Crippen molar-refractivity contribution >= 4 is 35.2 Å². The van der Waals surface area contributed by atoms with Crippen LogP contribution in [0, 0.1) is 26.7 Å². The number of ether oxygens (including phenoxy) is 1. The first-order chi connectivity index (χ1) is 18.1. The number of nitrogens with zero attached hydrogens (tertiary/aromatic N) is 1. The summed E-state index contributed by atoms with van der Waals surface area (Å²) in [5, 5.41) is 6.19. The Bertz CT molecular complexity index is 1150. The van der Waals surface area contributed by atoms with E-state index in [0.29, 0.717) is 30.1 Å². The Kier molecular flexibility index (Phi) is 11.4. The predicted molar refractivity (Wildman–Crippen MR) is 158 cm³/mol. The fourth-order valence-electron chi connectivity index (χ4n) is 4.44. The Morgan fingerprint density at radius 1 is 1.03 bits per heavy atom. The van der Waals surface area contributed by atoms with Crippen LogP contribution in [0.1, 0.15) is 82.7 Å². The van der Waals surface area contributed by atoms with Crippen molar-refractivity contribution in [2.45, 2.75) is 92.8 Å². The maximum Gasteiger partial charge on any atom is 0.408 e. The summed E-state index contributed by atoms with van der Waals surface area (Å²) in [6.07, 6.45) is 0.340. The molecule has 7 nitrogen and oxygen atoms in total. The summed E-state index contributed by atoms with van der Waals surface area (Å²) in [6, 6.07) is 9.46. The zero-order chi connectivity index (χ0) is 29.5. The molecule has 39 heavy (non-hydrogen) atoms. The lowest BCUT2D eigenvalue weighted by Crippen LogP contribution is -2.53. The van der Waals surface area contributed by atoms with Gasteiger partial charge in [-0.2, -0.15) is 0 Å². The molecule has 0 saturated carbocycles. The molecule has 2 rings (SSSR count). The van der Waals surface area contributed by atoms with Crippen molar-refractivity contribution in [1.29, 1.82) is 0 Å². The Hall–Kier alpha value is -3.06. The number of anilines is 1. The molecule has 2 aromatic carbocycles. The lowest BCUT2D eigenvalue weighted by atomic mass is 9.95. The second-order valence-corrected chi connectivity index (χ2v) is 12.0. The third kappa shape index (κ3) is 9.27. The number of nitrogens with one attached hydrogen (secondary N) is 2. The highest BCUT2D eigenvalue weighted by Gasteiger charge is 2.37. The summed E-state index contributed by atoms with van der Waals surface area (Å²) in [6.45, 7) is 17.3. The van der Waals surface area contributed by atoms with Crippen LogP contribution in [0.25, 0.3) is 0 Å². The molecule has 0 aliphatic rings. The number of amides is 3. The molecule has 0 aromatic heterocycles. The predicted octanol–water partition coefficient (Wildman–Crippen LogP) is 7.12. The number of hydrogen-bond donors (Lipinski definition) is 2. The van der Waals surface area contributed by atoms with Crippen molar-refractivity contribution in [2.24, 2.45) is 5.92 Å². The topological polar surface area (TPSA) is 87.7 Å². The fraction of sp³-hybridized carbons (Fsp3) is 0.516. The fourth-order valence-corrected chi connectivity index (χ4v) is 4.71. The Morgan fingerprint density at radius 2 is 1.69 bits per heavy atom. The number of carbonyl (C=O) groups excluding carboxylic acids is 3. The number of halogens is 1. The average molecular weight is 558 g/mol. The summed E-state index contributed by atoms with van der Waals surface area (Å²) in [7, 11) is 0. The van der Waals surface area contributed by atoms with Gasteiger partial charge in [-0.25, -0.2) is 4.79 Å². The van der Waals surface area contributed by atoms with Gasteiger partial charge in [0.05, 0.1) is 10.7 Å². The van der Waals surface area contributed by atoms with E-state index in [0.717, 1.165) is 22.3 Å². The smallest absolute Gasteiger partial charge is 0.408 e. The number of hydrogen-bond acceptors (Lipinski definition) is 4. The SMILES string of the molecule is CCCN(C(=O)C(CC(C)C)NC(=O)OC(C)(C)C)C(C(=O)Nc1c(C)cccc1Cl)c1cc(C)ccc1C. The summed E-state index contributed by atoms with van der Waals surface area (Å²) < 4.78 is 5.46. The van der Waals surface area contributed by atoms with E-state index >= 15 is 0 Å². The van der Waals surface area contributed by atoms with Gasteiger partial charge in [-0.15, -0.1) is 0 Å². The van der Waals surface area contributed by atoms with Crippen LogP contribution in [0.2, 0.25) is 5.02 Å². The number of benzene rings is 2. The minimum Gasteiger partial charge on any atom is -0.444 e. The monoisotopic (exact) mass is 557 g/mol. The second-order valence-electron chi connectivity index (χ2n) is 11.5. The van der Waals surface area contributed by atoms with E-state index < -0.39 is 23.8 Å². The standard InChI is InChI=1S/C31H44ClN3O4/c1-10-16-35(29(37)25(17-19(2)3)33-30(38)39-31(7,8)9)27(23-18-20(4)14-15-21(23)5)28(36)34-26-22(6)12-11-13-24(26)32/h11-15,18-19,25,27H,10,16-17H2,1-9H3,(H,33,38)(H,34,36). The number of carbonyl (C=O) groups is 3. The van der Waals surface area contributed by atoms with Crippen LogP contribution < -0.4 is 10.6 Å². The van der Waals surface area contributed by atoms with Gasteiger partial charge in [0.2, 0.25) is 5.91 Å². The van der Waals surface area contributed by atoms with Crippen LogP contribution in [0.15, 0.2) is 36.4 Å². The molecular weight excluding hydrogens is 514 g/mol. The van der Waals surface area contributed by atoms with Gasteiger partial charge in [-0.1, -0.05) is 68.3 Å². The molecule has 0 fully saturated rings. The molecule has 0 saturated heterocycles. The maximum absolute atomic E-state index is 14.2. The van der Waals surface area contributed by atoms with E-state index in [1.807, 2.05) is 71.9 Å². The maximum atomic E-state index is 14.2. The largest absolute Gasteiger partial charge is 0.444 e. The lowest BCUT2D eigenvalue weighted by Gasteiger charge is -2.35. The summed E-state index contributed by atoms with van der Waals surface area (Å²) in [5.41, 5.74) is 3.18. The number of alkyl carbamates (subject to hydrolysis) is 1. The Labute approximate surface area is 238 Å². The molecule has 3 amide bonds. The molecule has 0 aliphatic carbocycles. The highest BCUT2D eigenvalue weighted by atomic mass is 35.5. The van der Waals surface area contributed by atoms with Crippen LogP contribution >= 0.6 is 11.6 Å². The minimum absolute atomic E-state index is 0.108. The zero-order valence-electron chi connectivity index (χ0n) is 24.8. The quantitative estimate of drug-likeness (QED) is 0.325. The summed E-state index contributed by atoms with van der Waals surface area (Å²) in [5.74, 6) is -0.605. The molecule has 0 heterocycles. The van der Waals surface area contributed by atoms with Gasteiger partial charge in [0.15, 0.2) is 0 Å². The molecule has 8 heteroatoms. The molecule has 2 aromatic rings. The first-order valence-corrected chi connectivity index (χ1v) is 14.0. The van der Waals surface area contributed by atoms with Gasteiger partial charge in [0, 0.05) is 6.54 Å². The van der Waals surface area contributed by atoms with Crippen LogP contribution in [0.5, 0.6) is 0 Å². The van der Waals surface area contributed by atoms with Crippen molar-refractivity contribution in [3.63, 3.8) is 0 Å². The van der Waals surface area contributed by atoms with Crippen molar-refractivity contribution in [1.82, 2.24) is 10.2 Å². The van der Waals surface area contributed by atoms with E-state index in [4.69, 9.17) is 16.3 Å². The molecule has 2 atom stereocenters. The molecular formula is C31H44ClN3O4. The molecule has 0 bridgehead atoms. The Morgan fingerprint density at radius 3 is 2.26 bits per heavy atom. The van der Waals surface area contributed by atoms with Crippen molar-refractivity contribution in [3.05, 3.63) is 63.7 Å². The summed E-state index contributed by atoms with van der Waals surface area (Å²) >= 11 is 6.45. The van der Waals surface area contributed by atoms with E-state index in [2.05, 4.69) is 10.6 Å². The number of para-hydroxylation sites is 1. The Balaban J connectivity index is 2.60. The van der Waals surface area contributed by atoms with Gasteiger partial charge in [-0.3, -0.25) is 9.59 Å². The molecule has 0 spiro atoms. The number of rotatable bonds is 10. The van der Waals surface area contributed by atoms with Crippen molar-refractivity contribution < 1.29 is 19.1 Å². The van der Waals surface area contributed by atoms with Gasteiger partial charge in [0.1, 0.15) is 17.7 Å². The summed E-state index contributed by atoms with van der Waals surface area (Å²) in [4.78, 5) is 42.6. The van der Waals surface area contributed by atoms with E-state index in [1.54, 1.807) is 31.7 Å². The third-order valence-corrected chi connectivity index (χ3v) is 6.52. The van der Waals surface area contributed by atoms with E-state index in [-0.39, 0.29) is 17.7 Å². The van der Waals surface area contributed by atoms with Crippen molar-refractivity contribution in [2.75, 3.05) is 11.9 Å². The second kappa shape index (κ2) is 13.8. The van der Waals surface area contributed by atoms with Crippen LogP contribution in [-0.4, -0.2) is 41.0 Å². The third-order valence-electron chi connectivity index (χ3n) is 6.20. The molecule has 2 unspecified atom stereocenters. The van der Waals surface area contributed by atoms with Gasteiger partial charge in [0.25, 0.3) is 5.91 Å². The van der Waals surface area contributed by atoms with Gasteiger partial charge in [-0.05, 0) is 83.1 Å². The van der Waals surface area contributed by atoms with E-state index in [1.165, 1.54) is 0 Å². The molecule has 214 valence electrons. The first kappa shape index (κ1) is 32.2. The molecule has 2 N–H and O–H groups in total. The minimum atomic E-state index is -0.942. The number of aryl methyl sites for hydroxylation is 3. The highest BCUT2D eigenvalue weighted by Crippen LogP contribution is 2.31. The average Bonchev–Trinajstić information content (AvgIpc) is 2.81. The molecule has 0 aliphatic heterocycles. The highest BCUT2D eigenvalue weighted by molar-refractivity contribution is 6.34. The van der Waals surface area contributed by atoms with Crippen LogP contribution in [0.4, 0.5) is 10.5 Å².